The van der Waals surface area contributed by atoms with Crippen molar-refractivity contribution in [3.05, 3.63) is 130 Å². The summed E-state index contributed by atoms with van der Waals surface area (Å²) in [6.45, 7) is -0.477. The van der Waals surface area contributed by atoms with Crippen molar-refractivity contribution in [3.8, 4) is 0 Å². The molecule has 0 bridgehead atoms. The fourth-order valence-electron chi connectivity index (χ4n) is 4.36. The van der Waals surface area contributed by atoms with Crippen LogP contribution in [0.25, 0.3) is 0 Å². The minimum Gasteiger partial charge on any atom is -0.357 e. The fourth-order valence-corrected chi connectivity index (χ4v) is 6.03. The van der Waals surface area contributed by atoms with Gasteiger partial charge in [0.1, 0.15) is 12.6 Å². The Balaban J connectivity index is 1.76. The number of hydrogen-bond donors (Lipinski definition) is 1. The smallest absolute Gasteiger partial charge is 0.264 e. The molecule has 0 saturated carbocycles. The van der Waals surface area contributed by atoms with Gasteiger partial charge < -0.3 is 10.2 Å². The SMILES string of the molecule is CNC(=O)C(Cc1ccccc1)N(Cc1ccc(Cl)cc1)C(=O)CN(c1ccccc1)S(=O)(=O)c1ccc(Cl)cc1. The lowest BCUT2D eigenvalue weighted by atomic mass is 10.0. The molecule has 10 heteroatoms. The maximum absolute atomic E-state index is 14.2. The minimum atomic E-state index is -4.18. The van der Waals surface area contributed by atoms with Gasteiger partial charge in [-0.05, 0) is 59.7 Å². The van der Waals surface area contributed by atoms with E-state index in [9.17, 15) is 18.0 Å². The van der Waals surface area contributed by atoms with Gasteiger partial charge in [0.15, 0.2) is 0 Å². The first-order chi connectivity index (χ1) is 19.7. The lowest BCUT2D eigenvalue weighted by molar-refractivity contribution is -0.139. The molecule has 7 nitrogen and oxygen atoms in total. The molecule has 0 radical (unpaired) electrons. The molecule has 2 amide bonds. The second kappa shape index (κ2) is 13.7. The number of likely N-dealkylation sites (N-methyl/N-ethyl adjacent to an activating group) is 1. The van der Waals surface area contributed by atoms with E-state index in [4.69, 9.17) is 23.2 Å². The normalized spacial score (nSPS) is 11.9. The summed E-state index contributed by atoms with van der Waals surface area (Å²) in [4.78, 5) is 28.8. The Morgan fingerprint density at radius 2 is 1.29 bits per heavy atom. The number of carbonyl (C=O) groups is 2. The second-order valence-corrected chi connectivity index (χ2v) is 12.0. The van der Waals surface area contributed by atoms with E-state index < -0.39 is 28.5 Å². The van der Waals surface area contributed by atoms with Gasteiger partial charge in [0.2, 0.25) is 11.8 Å². The van der Waals surface area contributed by atoms with E-state index in [0.29, 0.717) is 15.7 Å². The first-order valence-electron chi connectivity index (χ1n) is 12.8. The van der Waals surface area contributed by atoms with Crippen LogP contribution in [-0.4, -0.2) is 44.8 Å². The summed E-state index contributed by atoms with van der Waals surface area (Å²) in [5.74, 6) is -0.922. The van der Waals surface area contributed by atoms with Gasteiger partial charge in [-0.3, -0.25) is 13.9 Å². The monoisotopic (exact) mass is 609 g/mol. The van der Waals surface area contributed by atoms with E-state index in [1.807, 2.05) is 30.3 Å². The third-order valence-corrected chi connectivity index (χ3v) is 8.80. The third kappa shape index (κ3) is 7.67. The number of carbonyl (C=O) groups excluding carboxylic acids is 2. The van der Waals surface area contributed by atoms with E-state index >= 15 is 0 Å². The second-order valence-electron chi connectivity index (χ2n) is 9.27. The molecule has 41 heavy (non-hydrogen) atoms. The summed E-state index contributed by atoms with van der Waals surface area (Å²) in [5.41, 5.74) is 1.89. The number of sulfonamides is 1. The zero-order chi connectivity index (χ0) is 29.4. The van der Waals surface area contributed by atoms with Crippen LogP contribution in [0.5, 0.6) is 0 Å². The van der Waals surface area contributed by atoms with E-state index in [1.165, 1.54) is 36.2 Å². The van der Waals surface area contributed by atoms with Crippen LogP contribution >= 0.6 is 23.2 Å². The van der Waals surface area contributed by atoms with Crippen LogP contribution in [0.3, 0.4) is 0 Å². The number of anilines is 1. The molecule has 0 heterocycles. The number of nitrogens with zero attached hydrogens (tertiary/aromatic N) is 2. The zero-order valence-corrected chi connectivity index (χ0v) is 24.6. The Morgan fingerprint density at radius 3 is 1.85 bits per heavy atom. The van der Waals surface area contributed by atoms with Crippen LogP contribution in [0.2, 0.25) is 10.0 Å². The molecule has 1 N–H and O–H groups in total. The molecule has 0 spiro atoms. The van der Waals surface area contributed by atoms with Gasteiger partial charge in [-0.1, -0.05) is 83.9 Å². The van der Waals surface area contributed by atoms with Crippen molar-refractivity contribution in [1.82, 2.24) is 10.2 Å². The van der Waals surface area contributed by atoms with Gasteiger partial charge in [-0.25, -0.2) is 8.42 Å². The Morgan fingerprint density at radius 1 is 0.756 bits per heavy atom. The summed E-state index contributed by atoms with van der Waals surface area (Å²) in [5, 5.41) is 3.58. The molecule has 4 aromatic rings. The molecule has 4 aromatic carbocycles. The predicted molar refractivity (Wildman–Crippen MR) is 162 cm³/mol. The highest BCUT2D eigenvalue weighted by Gasteiger charge is 2.34. The molecule has 4 rings (SSSR count). The van der Waals surface area contributed by atoms with E-state index in [-0.39, 0.29) is 23.8 Å². The Hall–Kier alpha value is -3.85. The lowest BCUT2D eigenvalue weighted by Crippen LogP contribution is -2.53. The van der Waals surface area contributed by atoms with Gasteiger partial charge >= 0.3 is 0 Å². The average Bonchev–Trinajstić information content (AvgIpc) is 2.99. The molecular weight excluding hydrogens is 581 g/mol. The average molecular weight is 611 g/mol. The summed E-state index contributed by atoms with van der Waals surface area (Å²) < 4.78 is 28.8. The van der Waals surface area contributed by atoms with Crippen molar-refractivity contribution in [1.29, 1.82) is 0 Å². The van der Waals surface area contributed by atoms with E-state index in [1.54, 1.807) is 54.6 Å². The quantitative estimate of drug-likeness (QED) is 0.241. The van der Waals surface area contributed by atoms with Gasteiger partial charge in [-0.2, -0.15) is 0 Å². The van der Waals surface area contributed by atoms with Gasteiger partial charge in [-0.15, -0.1) is 0 Å². The number of rotatable bonds is 11. The van der Waals surface area contributed by atoms with Crippen LogP contribution in [0.4, 0.5) is 5.69 Å². The lowest BCUT2D eigenvalue weighted by Gasteiger charge is -2.33. The van der Waals surface area contributed by atoms with Crippen molar-refractivity contribution in [2.45, 2.75) is 23.9 Å². The van der Waals surface area contributed by atoms with Crippen LogP contribution < -0.4 is 9.62 Å². The van der Waals surface area contributed by atoms with Crippen LogP contribution in [0.1, 0.15) is 11.1 Å². The Kier molecular flexibility index (Phi) is 10.0. The maximum atomic E-state index is 14.2. The van der Waals surface area contributed by atoms with Gasteiger partial charge in [0.05, 0.1) is 10.6 Å². The summed E-state index contributed by atoms with van der Waals surface area (Å²) in [6.07, 6.45) is 0.231. The highest BCUT2D eigenvalue weighted by atomic mass is 35.5. The zero-order valence-electron chi connectivity index (χ0n) is 22.3. The first-order valence-corrected chi connectivity index (χ1v) is 15.0. The van der Waals surface area contributed by atoms with E-state index in [2.05, 4.69) is 5.32 Å². The summed E-state index contributed by atoms with van der Waals surface area (Å²) in [7, 11) is -2.67. The summed E-state index contributed by atoms with van der Waals surface area (Å²) in [6, 6.07) is 29.5. The highest BCUT2D eigenvalue weighted by Crippen LogP contribution is 2.26. The molecule has 0 fully saturated rings. The minimum absolute atomic E-state index is 0.0186. The van der Waals surface area contributed by atoms with E-state index in [0.717, 1.165) is 15.4 Å². The number of halogens is 2. The van der Waals surface area contributed by atoms with Crippen molar-refractivity contribution < 1.29 is 18.0 Å². The largest absolute Gasteiger partial charge is 0.357 e. The Labute approximate surface area is 250 Å². The number of nitrogens with one attached hydrogen (secondary N) is 1. The molecular formula is C31H29Cl2N3O4S. The van der Waals surface area contributed by atoms with Crippen molar-refractivity contribution in [2.75, 3.05) is 17.9 Å². The van der Waals surface area contributed by atoms with Crippen LogP contribution in [0, 0.1) is 0 Å². The number of amides is 2. The molecule has 0 saturated heterocycles. The number of para-hydroxylation sites is 1. The number of benzene rings is 4. The molecule has 0 aliphatic carbocycles. The van der Waals surface area contributed by atoms with Gasteiger partial charge in [0.25, 0.3) is 10.0 Å². The number of hydrogen-bond acceptors (Lipinski definition) is 4. The maximum Gasteiger partial charge on any atom is 0.264 e. The highest BCUT2D eigenvalue weighted by molar-refractivity contribution is 7.92. The third-order valence-electron chi connectivity index (χ3n) is 6.51. The summed E-state index contributed by atoms with van der Waals surface area (Å²) >= 11 is 12.1. The fraction of sp³-hybridized carbons (Fsp3) is 0.161. The van der Waals surface area contributed by atoms with Crippen LogP contribution in [0.15, 0.2) is 114 Å². The standard InChI is InChI=1S/C31H29Cl2N3O4S/c1-34-31(38)29(20-23-8-4-2-5-9-23)35(21-24-12-14-25(32)15-13-24)30(37)22-36(27-10-6-3-7-11-27)41(39,40)28-18-16-26(33)17-19-28/h2-19,29H,20-22H2,1H3,(H,34,38). The Bertz CT molecular complexity index is 1570. The topological polar surface area (TPSA) is 86.8 Å². The van der Waals surface area contributed by atoms with Crippen molar-refractivity contribution >= 4 is 50.7 Å². The molecule has 0 aliphatic rings. The van der Waals surface area contributed by atoms with Crippen molar-refractivity contribution in [3.63, 3.8) is 0 Å². The van der Waals surface area contributed by atoms with Crippen molar-refractivity contribution in [2.24, 2.45) is 0 Å². The molecule has 212 valence electrons. The predicted octanol–water partition coefficient (Wildman–Crippen LogP) is 5.57. The molecule has 0 aliphatic heterocycles. The van der Waals surface area contributed by atoms with Crippen LogP contribution in [-0.2, 0) is 32.6 Å². The molecule has 0 aromatic heterocycles. The molecule has 1 atom stereocenters. The first kappa shape index (κ1) is 30.1. The van der Waals surface area contributed by atoms with Gasteiger partial charge in [0, 0.05) is 30.1 Å². The molecule has 1 unspecified atom stereocenters.